The Kier molecular flexibility index (Phi) is 4.97. The second kappa shape index (κ2) is 6.98. The summed E-state index contributed by atoms with van der Waals surface area (Å²) in [5.74, 6) is 0. The number of hydrogen-bond acceptors (Lipinski definition) is 5. The van der Waals surface area contributed by atoms with Crippen LogP contribution in [-0.4, -0.2) is 65.6 Å². The van der Waals surface area contributed by atoms with Gasteiger partial charge in [-0.3, -0.25) is 9.47 Å². The summed E-state index contributed by atoms with van der Waals surface area (Å²) in [6.07, 6.45) is 0. The highest BCUT2D eigenvalue weighted by atomic mass is 16.7. The van der Waals surface area contributed by atoms with E-state index in [0.717, 1.165) is 49.3 Å². The standard InChI is InChI=1S/C21H32BN3O4/c1-19(2,14-24-9-11-27-12-10-24)25-17-8-7-15(13-16(17)23-18(25)26)22-28-20(3,4)21(5,6)29-22/h7-8,13H,9-12,14H2,1-6H3,(H,23,26). The molecule has 0 unspecified atom stereocenters. The molecule has 7 nitrogen and oxygen atoms in total. The number of H-pyrrole nitrogens is 1. The van der Waals surface area contributed by atoms with Crippen LogP contribution in [0.2, 0.25) is 0 Å². The molecule has 0 radical (unpaired) electrons. The molecule has 1 N–H and O–H groups in total. The first-order valence-corrected chi connectivity index (χ1v) is 10.4. The van der Waals surface area contributed by atoms with Crippen molar-refractivity contribution in [2.24, 2.45) is 0 Å². The summed E-state index contributed by atoms with van der Waals surface area (Å²) in [5, 5.41) is 0. The van der Waals surface area contributed by atoms with Crippen LogP contribution in [0.5, 0.6) is 0 Å². The first kappa shape index (κ1) is 20.7. The van der Waals surface area contributed by atoms with Crippen molar-refractivity contribution < 1.29 is 14.0 Å². The molecule has 0 amide bonds. The zero-order valence-electron chi connectivity index (χ0n) is 18.4. The topological polar surface area (TPSA) is 68.7 Å². The van der Waals surface area contributed by atoms with E-state index in [0.29, 0.717) is 0 Å². The maximum Gasteiger partial charge on any atom is 0.494 e. The van der Waals surface area contributed by atoms with Crippen LogP contribution in [0.4, 0.5) is 0 Å². The number of nitrogens with zero attached hydrogens (tertiary/aromatic N) is 2. The predicted molar refractivity (Wildman–Crippen MR) is 115 cm³/mol. The van der Waals surface area contributed by atoms with E-state index in [9.17, 15) is 4.79 Å². The van der Waals surface area contributed by atoms with Crippen LogP contribution >= 0.6 is 0 Å². The van der Waals surface area contributed by atoms with E-state index in [1.807, 2.05) is 50.5 Å². The largest absolute Gasteiger partial charge is 0.494 e. The van der Waals surface area contributed by atoms with Crippen molar-refractivity contribution in [2.45, 2.75) is 58.3 Å². The Morgan fingerprint density at radius 3 is 2.34 bits per heavy atom. The third kappa shape index (κ3) is 3.67. The zero-order valence-corrected chi connectivity index (χ0v) is 18.4. The normalized spacial score (nSPS) is 22.5. The number of nitrogens with one attached hydrogen (secondary N) is 1. The van der Waals surface area contributed by atoms with Gasteiger partial charge in [-0.2, -0.15) is 0 Å². The van der Waals surface area contributed by atoms with Crippen molar-refractivity contribution in [2.75, 3.05) is 32.8 Å². The van der Waals surface area contributed by atoms with Crippen LogP contribution in [0.25, 0.3) is 11.0 Å². The van der Waals surface area contributed by atoms with Gasteiger partial charge < -0.3 is 19.0 Å². The van der Waals surface area contributed by atoms with E-state index in [2.05, 4.69) is 23.7 Å². The summed E-state index contributed by atoms with van der Waals surface area (Å²) in [5.41, 5.74) is 1.38. The van der Waals surface area contributed by atoms with Crippen molar-refractivity contribution >= 4 is 23.6 Å². The molecule has 2 aliphatic rings. The fourth-order valence-corrected chi connectivity index (χ4v) is 4.23. The lowest BCUT2D eigenvalue weighted by Crippen LogP contribution is -2.48. The number of imidazole rings is 1. The summed E-state index contributed by atoms with van der Waals surface area (Å²) in [7, 11) is -0.447. The van der Waals surface area contributed by atoms with Gasteiger partial charge in [-0.05, 0) is 59.1 Å². The molecule has 8 heteroatoms. The molecule has 3 heterocycles. The summed E-state index contributed by atoms with van der Waals surface area (Å²) in [4.78, 5) is 18.3. The molecule has 158 valence electrons. The van der Waals surface area contributed by atoms with Crippen molar-refractivity contribution in [3.63, 3.8) is 0 Å². The minimum absolute atomic E-state index is 0.0932. The maximum absolute atomic E-state index is 12.9. The first-order valence-electron chi connectivity index (χ1n) is 10.4. The summed E-state index contributed by atoms with van der Waals surface area (Å²) >= 11 is 0. The van der Waals surface area contributed by atoms with Gasteiger partial charge in [0.25, 0.3) is 0 Å². The molecule has 0 aliphatic carbocycles. The van der Waals surface area contributed by atoms with Gasteiger partial charge >= 0.3 is 12.8 Å². The summed E-state index contributed by atoms with van der Waals surface area (Å²) in [6, 6.07) is 5.97. The van der Waals surface area contributed by atoms with Crippen LogP contribution in [0.3, 0.4) is 0 Å². The Morgan fingerprint density at radius 2 is 1.72 bits per heavy atom. The van der Waals surface area contributed by atoms with E-state index in [1.54, 1.807) is 0 Å². The number of rotatable bonds is 4. The van der Waals surface area contributed by atoms with Crippen LogP contribution in [-0.2, 0) is 19.6 Å². The van der Waals surface area contributed by atoms with Gasteiger partial charge in [-0.1, -0.05) is 6.07 Å². The minimum Gasteiger partial charge on any atom is -0.399 e. The predicted octanol–water partition coefficient (Wildman–Crippen LogP) is 1.70. The molecule has 0 saturated carbocycles. The third-order valence-electron chi connectivity index (χ3n) is 6.55. The van der Waals surface area contributed by atoms with Gasteiger partial charge in [0.15, 0.2) is 0 Å². The molecular formula is C21H32BN3O4. The van der Waals surface area contributed by atoms with Gasteiger partial charge in [0.2, 0.25) is 0 Å². The number of hydrogen-bond donors (Lipinski definition) is 1. The lowest BCUT2D eigenvalue weighted by molar-refractivity contribution is 0.00578. The molecule has 2 saturated heterocycles. The fourth-order valence-electron chi connectivity index (χ4n) is 4.23. The average Bonchev–Trinajstić information content (AvgIpc) is 3.07. The molecule has 1 aromatic heterocycles. The van der Waals surface area contributed by atoms with Crippen molar-refractivity contribution in [3.05, 3.63) is 28.7 Å². The van der Waals surface area contributed by atoms with Crippen LogP contribution in [0.1, 0.15) is 41.5 Å². The molecule has 2 aliphatic heterocycles. The molecule has 0 bridgehead atoms. The molecule has 0 spiro atoms. The van der Waals surface area contributed by atoms with E-state index < -0.39 is 18.3 Å². The first-order chi connectivity index (χ1) is 13.5. The van der Waals surface area contributed by atoms with E-state index >= 15 is 0 Å². The number of benzene rings is 1. The fraction of sp³-hybridized carbons (Fsp3) is 0.667. The van der Waals surface area contributed by atoms with Gasteiger partial charge in [0, 0.05) is 19.6 Å². The molecule has 4 rings (SSSR count). The minimum atomic E-state index is -0.447. The van der Waals surface area contributed by atoms with Crippen molar-refractivity contribution in [1.82, 2.24) is 14.5 Å². The Balaban J connectivity index is 1.64. The van der Waals surface area contributed by atoms with Gasteiger partial charge in [0.1, 0.15) is 0 Å². The highest BCUT2D eigenvalue weighted by Gasteiger charge is 2.51. The van der Waals surface area contributed by atoms with Crippen molar-refractivity contribution in [1.29, 1.82) is 0 Å². The van der Waals surface area contributed by atoms with Crippen LogP contribution in [0.15, 0.2) is 23.0 Å². The second-order valence-electron chi connectivity index (χ2n) is 9.83. The summed E-state index contributed by atoms with van der Waals surface area (Å²) in [6.45, 7) is 16.5. The van der Waals surface area contributed by atoms with E-state index in [1.165, 1.54) is 0 Å². The van der Waals surface area contributed by atoms with Gasteiger partial charge in [0.05, 0.1) is 41.0 Å². The Hall–Kier alpha value is -1.61. The zero-order chi connectivity index (χ0) is 21.0. The van der Waals surface area contributed by atoms with Crippen molar-refractivity contribution in [3.8, 4) is 0 Å². The summed E-state index contributed by atoms with van der Waals surface area (Å²) < 4.78 is 19.6. The second-order valence-corrected chi connectivity index (χ2v) is 9.83. The number of aromatic amines is 1. The van der Waals surface area contributed by atoms with Crippen LogP contribution in [0, 0.1) is 0 Å². The highest BCUT2D eigenvalue weighted by Crippen LogP contribution is 2.36. The molecule has 2 aromatic rings. The third-order valence-corrected chi connectivity index (χ3v) is 6.55. The number of aromatic nitrogens is 2. The Labute approximate surface area is 172 Å². The monoisotopic (exact) mass is 401 g/mol. The van der Waals surface area contributed by atoms with E-state index in [4.69, 9.17) is 14.0 Å². The Bertz CT molecular complexity index is 940. The quantitative estimate of drug-likeness (QED) is 0.790. The lowest BCUT2D eigenvalue weighted by Gasteiger charge is -2.35. The van der Waals surface area contributed by atoms with Gasteiger partial charge in [-0.25, -0.2) is 4.79 Å². The molecule has 0 atom stereocenters. The number of fused-ring (bicyclic) bond motifs is 1. The molecular weight excluding hydrogens is 369 g/mol. The van der Waals surface area contributed by atoms with Crippen LogP contribution < -0.4 is 11.2 Å². The average molecular weight is 401 g/mol. The SMILES string of the molecule is CC(C)(CN1CCOCC1)n1c(=O)[nH]c2cc(B3OC(C)(C)C(C)(C)O3)ccc21. The van der Waals surface area contributed by atoms with E-state index in [-0.39, 0.29) is 11.2 Å². The maximum atomic E-state index is 12.9. The molecule has 1 aromatic carbocycles. The number of ether oxygens (including phenoxy) is 1. The smallest absolute Gasteiger partial charge is 0.399 e. The molecule has 2 fully saturated rings. The lowest BCUT2D eigenvalue weighted by atomic mass is 9.79. The van der Waals surface area contributed by atoms with Gasteiger partial charge in [-0.15, -0.1) is 0 Å². The molecule has 29 heavy (non-hydrogen) atoms. The number of morpholine rings is 1. The highest BCUT2D eigenvalue weighted by molar-refractivity contribution is 6.62. The Morgan fingerprint density at radius 1 is 1.10 bits per heavy atom.